The van der Waals surface area contributed by atoms with Crippen LogP contribution in [0.15, 0.2) is 24.3 Å². The average molecular weight is 294 g/mol. The maximum absolute atomic E-state index is 12.3. The molecule has 0 aliphatic heterocycles. The molecule has 20 heavy (non-hydrogen) atoms. The molecular formula is C15H22N2O2S. The van der Waals surface area contributed by atoms with E-state index in [2.05, 4.69) is 11.8 Å². The lowest BCUT2D eigenvalue weighted by Crippen LogP contribution is -2.40. The molecule has 5 heteroatoms. The van der Waals surface area contributed by atoms with Crippen LogP contribution in [0, 0.1) is 11.8 Å². The lowest BCUT2D eigenvalue weighted by molar-refractivity contribution is 0.442. The van der Waals surface area contributed by atoms with Gasteiger partial charge in [0.15, 0.2) is 0 Å². The first-order valence-corrected chi connectivity index (χ1v) is 7.86. The van der Waals surface area contributed by atoms with Gasteiger partial charge < -0.3 is 5.73 Å². The van der Waals surface area contributed by atoms with Gasteiger partial charge >= 0.3 is 0 Å². The summed E-state index contributed by atoms with van der Waals surface area (Å²) in [5.74, 6) is 5.71. The summed E-state index contributed by atoms with van der Waals surface area (Å²) in [6, 6.07) is 7.51. The maximum atomic E-state index is 12.3. The number of benzene rings is 1. The van der Waals surface area contributed by atoms with E-state index in [4.69, 9.17) is 5.73 Å². The predicted octanol–water partition coefficient (Wildman–Crippen LogP) is 1.56. The molecule has 0 saturated carbocycles. The third-order valence-electron chi connectivity index (χ3n) is 2.88. The zero-order valence-electron chi connectivity index (χ0n) is 12.5. The van der Waals surface area contributed by atoms with E-state index >= 15 is 0 Å². The molecule has 0 amide bonds. The van der Waals surface area contributed by atoms with Gasteiger partial charge in [0, 0.05) is 19.2 Å². The molecule has 0 saturated heterocycles. The van der Waals surface area contributed by atoms with Gasteiger partial charge in [0.25, 0.3) is 0 Å². The van der Waals surface area contributed by atoms with Crippen LogP contribution in [0.3, 0.4) is 0 Å². The summed E-state index contributed by atoms with van der Waals surface area (Å²) in [7, 11) is -1.71. The van der Waals surface area contributed by atoms with Crippen LogP contribution in [0.5, 0.6) is 0 Å². The minimum atomic E-state index is -3.31. The Balaban J connectivity index is 2.85. The summed E-state index contributed by atoms with van der Waals surface area (Å²) in [5.41, 5.74) is 7.12. The molecule has 0 spiro atoms. The van der Waals surface area contributed by atoms with E-state index in [9.17, 15) is 8.42 Å². The third kappa shape index (κ3) is 4.07. The minimum Gasteiger partial charge on any atom is -0.320 e. The second kappa shape index (κ2) is 6.40. The van der Waals surface area contributed by atoms with Crippen molar-refractivity contribution in [2.24, 2.45) is 5.73 Å². The van der Waals surface area contributed by atoms with Crippen molar-refractivity contribution < 1.29 is 8.42 Å². The summed E-state index contributed by atoms with van der Waals surface area (Å²) in [6.07, 6.45) is 0. The van der Waals surface area contributed by atoms with Crippen molar-refractivity contribution in [2.45, 2.75) is 32.1 Å². The van der Waals surface area contributed by atoms with Gasteiger partial charge in [0.2, 0.25) is 10.0 Å². The van der Waals surface area contributed by atoms with Crippen molar-refractivity contribution in [3.05, 3.63) is 35.4 Å². The SMILES string of the molecule is CN(Cc1ccc(C#CCN)cc1)S(=O)(=O)C(C)(C)C. The molecule has 0 heterocycles. The van der Waals surface area contributed by atoms with Gasteiger partial charge in [-0.05, 0) is 38.5 Å². The third-order valence-corrected chi connectivity index (χ3v) is 5.38. The molecule has 0 aliphatic carbocycles. The maximum Gasteiger partial charge on any atom is 0.219 e. The highest BCUT2D eigenvalue weighted by Crippen LogP contribution is 2.20. The molecule has 0 atom stereocenters. The fourth-order valence-electron chi connectivity index (χ4n) is 1.66. The quantitative estimate of drug-likeness (QED) is 0.860. The van der Waals surface area contributed by atoms with Gasteiger partial charge in [0.1, 0.15) is 0 Å². The Morgan fingerprint density at radius 3 is 2.20 bits per heavy atom. The highest BCUT2D eigenvalue weighted by Gasteiger charge is 2.32. The molecule has 0 radical (unpaired) electrons. The molecule has 110 valence electrons. The highest BCUT2D eigenvalue weighted by atomic mass is 32.2. The van der Waals surface area contributed by atoms with Crippen molar-refractivity contribution in [1.82, 2.24) is 4.31 Å². The number of nitrogens with two attached hydrogens (primary N) is 1. The smallest absolute Gasteiger partial charge is 0.219 e. The van der Waals surface area contributed by atoms with Crippen molar-refractivity contribution >= 4 is 10.0 Å². The zero-order valence-corrected chi connectivity index (χ0v) is 13.3. The predicted molar refractivity (Wildman–Crippen MR) is 82.5 cm³/mol. The van der Waals surface area contributed by atoms with E-state index in [0.717, 1.165) is 11.1 Å². The summed E-state index contributed by atoms with van der Waals surface area (Å²) in [4.78, 5) is 0. The van der Waals surface area contributed by atoms with Crippen molar-refractivity contribution in [2.75, 3.05) is 13.6 Å². The minimum absolute atomic E-state index is 0.328. The largest absolute Gasteiger partial charge is 0.320 e. The van der Waals surface area contributed by atoms with E-state index in [-0.39, 0.29) is 0 Å². The van der Waals surface area contributed by atoms with E-state index in [1.165, 1.54) is 4.31 Å². The Morgan fingerprint density at radius 1 is 1.20 bits per heavy atom. The summed E-state index contributed by atoms with van der Waals surface area (Å²) >= 11 is 0. The standard InChI is InChI=1S/C15H22N2O2S/c1-15(2,3)20(18,19)17(4)12-14-9-7-13(8-10-14)6-5-11-16/h7-10H,11-12,16H2,1-4H3. The molecule has 1 aromatic rings. The van der Waals surface area contributed by atoms with Crippen LogP contribution in [-0.4, -0.2) is 31.1 Å². The van der Waals surface area contributed by atoms with Crippen LogP contribution in [0.25, 0.3) is 0 Å². The van der Waals surface area contributed by atoms with E-state index < -0.39 is 14.8 Å². The summed E-state index contributed by atoms with van der Waals surface area (Å²) in [6.45, 7) is 5.78. The Morgan fingerprint density at radius 2 is 1.75 bits per heavy atom. The summed E-state index contributed by atoms with van der Waals surface area (Å²) in [5, 5.41) is 0. The Kier molecular flexibility index (Phi) is 5.35. The van der Waals surface area contributed by atoms with Crippen LogP contribution in [-0.2, 0) is 16.6 Å². The fraction of sp³-hybridized carbons (Fsp3) is 0.467. The molecule has 2 N–H and O–H groups in total. The first-order chi connectivity index (χ1) is 9.18. The van der Waals surface area contributed by atoms with E-state index in [0.29, 0.717) is 13.1 Å². The van der Waals surface area contributed by atoms with Crippen molar-refractivity contribution in [3.63, 3.8) is 0 Å². The van der Waals surface area contributed by atoms with Crippen LogP contribution in [0.4, 0.5) is 0 Å². The molecule has 4 nitrogen and oxygen atoms in total. The molecule has 0 bridgehead atoms. The molecule has 0 fully saturated rings. The van der Waals surface area contributed by atoms with Gasteiger partial charge in [0.05, 0.1) is 11.3 Å². The number of hydrogen-bond donors (Lipinski definition) is 1. The molecule has 0 aliphatic rings. The van der Waals surface area contributed by atoms with Gasteiger partial charge in [-0.2, -0.15) is 0 Å². The second-order valence-electron chi connectivity index (χ2n) is 5.58. The number of nitrogens with zero attached hydrogens (tertiary/aromatic N) is 1. The number of sulfonamides is 1. The first-order valence-electron chi connectivity index (χ1n) is 6.42. The lowest BCUT2D eigenvalue weighted by Gasteiger charge is -2.26. The number of rotatable bonds is 3. The Hall–Kier alpha value is -1.35. The van der Waals surface area contributed by atoms with E-state index in [1.54, 1.807) is 27.8 Å². The number of hydrogen-bond acceptors (Lipinski definition) is 3. The average Bonchev–Trinajstić information content (AvgIpc) is 2.36. The van der Waals surface area contributed by atoms with Crippen LogP contribution in [0.2, 0.25) is 0 Å². The molecule has 0 aromatic heterocycles. The Labute approximate surface area is 122 Å². The highest BCUT2D eigenvalue weighted by molar-refractivity contribution is 7.90. The van der Waals surface area contributed by atoms with Crippen LogP contribution >= 0.6 is 0 Å². The topological polar surface area (TPSA) is 63.4 Å². The van der Waals surface area contributed by atoms with Gasteiger partial charge in [-0.15, -0.1) is 0 Å². The first kappa shape index (κ1) is 16.7. The zero-order chi connectivity index (χ0) is 15.4. The monoisotopic (exact) mass is 294 g/mol. The van der Waals surface area contributed by atoms with Gasteiger partial charge in [-0.25, -0.2) is 12.7 Å². The fourth-order valence-corrected chi connectivity index (χ4v) is 2.91. The Bertz CT molecular complexity index is 602. The lowest BCUT2D eigenvalue weighted by atomic mass is 10.1. The molecule has 1 rings (SSSR count). The normalized spacial score (nSPS) is 12.1. The van der Waals surface area contributed by atoms with Crippen LogP contribution in [0.1, 0.15) is 31.9 Å². The van der Waals surface area contributed by atoms with Gasteiger partial charge in [-0.1, -0.05) is 24.0 Å². The molecular weight excluding hydrogens is 272 g/mol. The second-order valence-corrected chi connectivity index (χ2v) is 8.37. The van der Waals surface area contributed by atoms with Crippen molar-refractivity contribution in [3.8, 4) is 11.8 Å². The molecule has 1 aromatic carbocycles. The molecule has 0 unspecified atom stereocenters. The summed E-state index contributed by atoms with van der Waals surface area (Å²) < 4.78 is 25.1. The van der Waals surface area contributed by atoms with Crippen molar-refractivity contribution in [1.29, 1.82) is 0 Å². The van der Waals surface area contributed by atoms with Gasteiger partial charge in [-0.3, -0.25) is 0 Å². The van der Waals surface area contributed by atoms with Crippen LogP contribution < -0.4 is 5.73 Å². The van der Waals surface area contributed by atoms with E-state index in [1.807, 2.05) is 24.3 Å².